The number of hydrogen-bond acceptors (Lipinski definition) is 4. The number of piperidine rings is 1. The summed E-state index contributed by atoms with van der Waals surface area (Å²) < 4.78 is 28.4. The third kappa shape index (κ3) is 2.76. The van der Waals surface area contributed by atoms with Crippen LogP contribution in [0.3, 0.4) is 0 Å². The molecule has 0 amide bonds. The smallest absolute Gasteiger partial charge is 0.245 e. The first-order valence-electron chi connectivity index (χ1n) is 8.96. The number of benzene rings is 1. The Kier molecular flexibility index (Phi) is 4.09. The van der Waals surface area contributed by atoms with Gasteiger partial charge in [0.25, 0.3) is 0 Å². The van der Waals surface area contributed by atoms with E-state index >= 15 is 0 Å². The molecule has 1 aliphatic carbocycles. The molecule has 2 heterocycles. The van der Waals surface area contributed by atoms with E-state index in [1.54, 1.807) is 16.6 Å². The predicted octanol–water partition coefficient (Wildman–Crippen LogP) is 2.86. The van der Waals surface area contributed by atoms with Crippen LogP contribution >= 0.6 is 0 Å². The zero-order valence-electron chi connectivity index (χ0n) is 14.5. The molecule has 0 unspecified atom stereocenters. The van der Waals surface area contributed by atoms with Crippen LogP contribution < -0.4 is 0 Å². The lowest BCUT2D eigenvalue weighted by molar-refractivity contribution is 0.0127. The second-order valence-corrected chi connectivity index (χ2v) is 9.46. The molecule has 2 fully saturated rings. The summed E-state index contributed by atoms with van der Waals surface area (Å²) in [7, 11) is -3.64. The molecule has 1 saturated carbocycles. The summed E-state index contributed by atoms with van der Waals surface area (Å²) in [5, 5.41) is 11.3. The average molecular weight is 360 g/mol. The second kappa shape index (κ2) is 6.04. The molecule has 2 aromatic rings. The quantitative estimate of drug-likeness (QED) is 0.894. The van der Waals surface area contributed by atoms with E-state index in [1.807, 2.05) is 25.1 Å². The van der Waals surface area contributed by atoms with Gasteiger partial charge in [0.2, 0.25) is 10.0 Å². The van der Waals surface area contributed by atoms with Gasteiger partial charge in [-0.05, 0) is 56.4 Å². The normalized spacial score (nSPS) is 28.0. The maximum atomic E-state index is 13.4. The molecule has 1 saturated heterocycles. The number of hydrogen-bond donors (Lipinski definition) is 1. The lowest BCUT2D eigenvalue weighted by Crippen LogP contribution is -2.49. The fourth-order valence-electron chi connectivity index (χ4n) is 4.56. The zero-order valence-corrected chi connectivity index (χ0v) is 15.3. The summed E-state index contributed by atoms with van der Waals surface area (Å²) >= 11 is 0. The first-order chi connectivity index (χ1) is 11.9. The molecule has 6 heteroatoms. The highest BCUT2D eigenvalue weighted by Crippen LogP contribution is 2.46. The van der Waals surface area contributed by atoms with Crippen LogP contribution in [0.25, 0.3) is 10.9 Å². The molecule has 1 spiro atoms. The Balaban J connectivity index is 1.77. The molecule has 5 nitrogen and oxygen atoms in total. The van der Waals surface area contributed by atoms with Crippen LogP contribution in [0.15, 0.2) is 35.4 Å². The number of aliphatic hydroxyl groups excluding tert-OH is 1. The number of fused-ring (bicyclic) bond motifs is 1. The van der Waals surface area contributed by atoms with Crippen molar-refractivity contribution in [3.63, 3.8) is 0 Å². The lowest BCUT2D eigenvalue weighted by atomic mass is 9.77. The number of nitrogens with zero attached hydrogens (tertiary/aromatic N) is 2. The summed E-state index contributed by atoms with van der Waals surface area (Å²) in [4.78, 5) is 4.62. The summed E-state index contributed by atoms with van der Waals surface area (Å²) in [6.45, 7) is 2.84. The van der Waals surface area contributed by atoms with Crippen molar-refractivity contribution >= 4 is 20.9 Å². The van der Waals surface area contributed by atoms with Gasteiger partial charge in [-0.3, -0.25) is 4.98 Å². The van der Waals surface area contributed by atoms with Crippen LogP contribution in [0.4, 0.5) is 0 Å². The first kappa shape index (κ1) is 16.9. The van der Waals surface area contributed by atoms with Gasteiger partial charge in [0.1, 0.15) is 4.90 Å². The molecular formula is C19H24N2O3S. The van der Waals surface area contributed by atoms with Crippen LogP contribution in [0.5, 0.6) is 0 Å². The molecule has 2 atom stereocenters. The van der Waals surface area contributed by atoms with Crippen LogP contribution in [0.2, 0.25) is 0 Å². The molecule has 25 heavy (non-hydrogen) atoms. The third-order valence-corrected chi connectivity index (χ3v) is 7.72. The third-order valence-electron chi connectivity index (χ3n) is 5.86. The standard InChI is InChI=1S/C19H24N2O3S/c1-14-11-15-5-3-9-20-18(15)16(12-14)25(23,24)21-10-4-8-19(13-21)7-2-6-17(19)22/h3,5,9,11-12,17,22H,2,4,6-8,10,13H2,1H3/t17-,19-/m1/s1. The van der Waals surface area contributed by atoms with Gasteiger partial charge in [-0.2, -0.15) is 4.31 Å². The minimum atomic E-state index is -3.64. The van der Waals surface area contributed by atoms with Crippen molar-refractivity contribution < 1.29 is 13.5 Å². The van der Waals surface area contributed by atoms with Crippen LogP contribution in [-0.4, -0.2) is 42.0 Å². The average Bonchev–Trinajstić information content (AvgIpc) is 2.94. The van der Waals surface area contributed by atoms with Gasteiger partial charge in [-0.1, -0.05) is 12.5 Å². The molecular weight excluding hydrogens is 336 g/mol. The van der Waals surface area contributed by atoms with Crippen LogP contribution in [0.1, 0.15) is 37.7 Å². The molecule has 1 N–H and O–H groups in total. The van der Waals surface area contributed by atoms with Crippen molar-refractivity contribution in [2.75, 3.05) is 13.1 Å². The number of pyridine rings is 1. The monoisotopic (exact) mass is 360 g/mol. The topological polar surface area (TPSA) is 70.5 Å². The van der Waals surface area contributed by atoms with Gasteiger partial charge < -0.3 is 5.11 Å². The molecule has 134 valence electrons. The zero-order chi connectivity index (χ0) is 17.7. The first-order valence-corrected chi connectivity index (χ1v) is 10.4. The Morgan fingerprint density at radius 1 is 1.28 bits per heavy atom. The summed E-state index contributed by atoms with van der Waals surface area (Å²) in [6, 6.07) is 7.40. The van der Waals surface area contributed by atoms with Gasteiger partial charge in [0.15, 0.2) is 0 Å². The number of rotatable bonds is 2. The van der Waals surface area contributed by atoms with Crippen LogP contribution in [0, 0.1) is 12.3 Å². The van der Waals surface area contributed by atoms with Gasteiger partial charge in [-0.25, -0.2) is 8.42 Å². The van der Waals surface area contributed by atoms with Crippen LogP contribution in [-0.2, 0) is 10.0 Å². The molecule has 1 aromatic carbocycles. The summed E-state index contributed by atoms with van der Waals surface area (Å²) in [5.74, 6) is 0. The van der Waals surface area contributed by atoms with E-state index < -0.39 is 16.1 Å². The maximum absolute atomic E-state index is 13.4. The van der Waals surface area contributed by atoms with E-state index in [2.05, 4.69) is 4.98 Å². The van der Waals surface area contributed by atoms with Gasteiger partial charge >= 0.3 is 0 Å². The fraction of sp³-hybridized carbons (Fsp3) is 0.526. The Morgan fingerprint density at radius 2 is 2.08 bits per heavy atom. The number of sulfonamides is 1. The van der Waals surface area contributed by atoms with E-state index in [0.717, 1.165) is 43.1 Å². The largest absolute Gasteiger partial charge is 0.392 e. The van der Waals surface area contributed by atoms with Crippen molar-refractivity contribution in [2.24, 2.45) is 5.41 Å². The molecule has 1 aliphatic heterocycles. The van der Waals surface area contributed by atoms with Crippen molar-refractivity contribution in [3.8, 4) is 0 Å². The lowest BCUT2D eigenvalue weighted by Gasteiger charge is -2.41. The molecule has 4 rings (SSSR count). The highest BCUT2D eigenvalue weighted by atomic mass is 32.2. The van der Waals surface area contributed by atoms with Gasteiger partial charge in [0, 0.05) is 30.1 Å². The summed E-state index contributed by atoms with van der Waals surface area (Å²) in [5.41, 5.74) is 1.17. The van der Waals surface area contributed by atoms with Crippen molar-refractivity contribution in [3.05, 3.63) is 36.0 Å². The van der Waals surface area contributed by atoms with E-state index in [4.69, 9.17) is 0 Å². The minimum absolute atomic E-state index is 0.265. The van der Waals surface area contributed by atoms with E-state index in [-0.39, 0.29) is 10.3 Å². The molecule has 2 aliphatic rings. The highest BCUT2D eigenvalue weighted by molar-refractivity contribution is 7.89. The van der Waals surface area contributed by atoms with Crippen molar-refractivity contribution in [1.82, 2.24) is 9.29 Å². The van der Waals surface area contributed by atoms with Gasteiger partial charge in [0.05, 0.1) is 11.6 Å². The maximum Gasteiger partial charge on any atom is 0.245 e. The number of aliphatic hydroxyl groups is 1. The van der Waals surface area contributed by atoms with E-state index in [0.29, 0.717) is 18.6 Å². The molecule has 1 aromatic heterocycles. The number of aryl methyl sites for hydroxylation is 1. The Morgan fingerprint density at radius 3 is 2.84 bits per heavy atom. The predicted molar refractivity (Wildman–Crippen MR) is 96.8 cm³/mol. The Bertz CT molecular complexity index is 912. The minimum Gasteiger partial charge on any atom is -0.392 e. The number of aromatic nitrogens is 1. The van der Waals surface area contributed by atoms with Crippen molar-refractivity contribution in [1.29, 1.82) is 0 Å². The van der Waals surface area contributed by atoms with E-state index in [9.17, 15) is 13.5 Å². The molecule has 0 radical (unpaired) electrons. The fourth-order valence-corrected chi connectivity index (χ4v) is 6.38. The molecule has 0 bridgehead atoms. The SMILES string of the molecule is Cc1cc(S(=O)(=O)N2CCC[C@]3(CCC[C@H]3O)C2)c2ncccc2c1. The van der Waals surface area contributed by atoms with Gasteiger partial charge in [-0.15, -0.1) is 0 Å². The second-order valence-electron chi connectivity index (χ2n) is 7.55. The Hall–Kier alpha value is -1.50. The summed E-state index contributed by atoms with van der Waals surface area (Å²) in [6.07, 6.45) is 5.62. The van der Waals surface area contributed by atoms with Crippen molar-refractivity contribution in [2.45, 2.75) is 50.0 Å². The Labute approximate surface area is 148 Å². The van der Waals surface area contributed by atoms with E-state index in [1.165, 1.54) is 0 Å². The highest BCUT2D eigenvalue weighted by Gasteiger charge is 2.47.